The van der Waals surface area contributed by atoms with Crippen molar-refractivity contribution in [3.8, 4) is 0 Å². The van der Waals surface area contributed by atoms with E-state index in [4.69, 9.17) is 0 Å². The Morgan fingerprint density at radius 2 is 1.68 bits per heavy atom. The van der Waals surface area contributed by atoms with Crippen molar-refractivity contribution in [1.82, 2.24) is 14.1 Å². The highest BCUT2D eigenvalue weighted by Crippen LogP contribution is 2.24. The molecule has 0 spiro atoms. The number of rotatable bonds is 7. The SMILES string of the molecule is CN(CC1CCCCC1)C(=O)CN1CCN(S(=O)(=O)Cc2ccccc2)CC1. The number of piperazine rings is 1. The molecule has 2 fully saturated rings. The molecule has 28 heavy (non-hydrogen) atoms. The van der Waals surface area contributed by atoms with Crippen LogP contribution in [0.3, 0.4) is 0 Å². The molecule has 1 aliphatic carbocycles. The van der Waals surface area contributed by atoms with E-state index in [0.29, 0.717) is 38.6 Å². The van der Waals surface area contributed by atoms with Gasteiger partial charge in [-0.1, -0.05) is 49.6 Å². The molecule has 0 radical (unpaired) electrons. The molecule has 1 saturated heterocycles. The molecule has 1 aromatic carbocycles. The minimum absolute atomic E-state index is 0.0386. The average molecular weight is 408 g/mol. The van der Waals surface area contributed by atoms with Crippen LogP contribution < -0.4 is 0 Å². The molecule has 1 aromatic rings. The van der Waals surface area contributed by atoms with Crippen LogP contribution in [0, 0.1) is 5.92 Å². The Labute approximate surface area is 169 Å². The second-order valence-corrected chi connectivity index (χ2v) is 10.2. The van der Waals surface area contributed by atoms with Gasteiger partial charge in [0.15, 0.2) is 0 Å². The monoisotopic (exact) mass is 407 g/mol. The third kappa shape index (κ3) is 6.03. The van der Waals surface area contributed by atoms with Crippen molar-refractivity contribution in [2.75, 3.05) is 46.3 Å². The van der Waals surface area contributed by atoms with Crippen LogP contribution in [0.4, 0.5) is 0 Å². The van der Waals surface area contributed by atoms with Crippen LogP contribution in [0.25, 0.3) is 0 Å². The third-order valence-electron chi connectivity index (χ3n) is 5.96. The molecule has 1 amide bonds. The van der Waals surface area contributed by atoms with Crippen LogP contribution in [-0.4, -0.2) is 74.7 Å². The van der Waals surface area contributed by atoms with Crippen molar-refractivity contribution in [3.05, 3.63) is 35.9 Å². The van der Waals surface area contributed by atoms with E-state index in [0.717, 1.165) is 12.1 Å². The summed E-state index contributed by atoms with van der Waals surface area (Å²) in [5, 5.41) is 0. The summed E-state index contributed by atoms with van der Waals surface area (Å²) in [7, 11) is -1.41. The van der Waals surface area contributed by atoms with E-state index >= 15 is 0 Å². The van der Waals surface area contributed by atoms with Crippen LogP contribution in [0.15, 0.2) is 30.3 Å². The Bertz CT molecular complexity index is 725. The lowest BCUT2D eigenvalue weighted by atomic mass is 9.89. The molecule has 3 rings (SSSR count). The zero-order valence-electron chi connectivity index (χ0n) is 16.9. The van der Waals surface area contributed by atoms with Crippen LogP contribution in [-0.2, 0) is 20.6 Å². The van der Waals surface area contributed by atoms with Gasteiger partial charge < -0.3 is 4.90 Å². The summed E-state index contributed by atoms with van der Waals surface area (Å²) in [5.41, 5.74) is 0.810. The van der Waals surface area contributed by atoms with Crippen LogP contribution in [0.5, 0.6) is 0 Å². The minimum atomic E-state index is -3.31. The Hall–Kier alpha value is -1.44. The highest BCUT2D eigenvalue weighted by molar-refractivity contribution is 7.88. The Morgan fingerprint density at radius 1 is 1.04 bits per heavy atom. The van der Waals surface area contributed by atoms with E-state index < -0.39 is 10.0 Å². The largest absolute Gasteiger partial charge is 0.344 e. The molecule has 0 N–H and O–H groups in total. The zero-order chi connectivity index (χ0) is 20.0. The van der Waals surface area contributed by atoms with Crippen LogP contribution in [0.1, 0.15) is 37.7 Å². The molecule has 1 heterocycles. The number of sulfonamides is 1. The maximum atomic E-state index is 12.6. The number of carbonyl (C=O) groups excluding carboxylic acids is 1. The number of nitrogens with zero attached hydrogens (tertiary/aromatic N) is 3. The number of likely N-dealkylation sites (N-methyl/N-ethyl adjacent to an activating group) is 1. The van der Waals surface area contributed by atoms with E-state index in [1.165, 1.54) is 32.1 Å². The Morgan fingerprint density at radius 3 is 2.32 bits per heavy atom. The molecular weight excluding hydrogens is 374 g/mol. The van der Waals surface area contributed by atoms with E-state index in [1.54, 1.807) is 4.31 Å². The van der Waals surface area contributed by atoms with Crippen molar-refractivity contribution in [2.24, 2.45) is 5.92 Å². The van der Waals surface area contributed by atoms with Crippen molar-refractivity contribution in [1.29, 1.82) is 0 Å². The van der Waals surface area contributed by atoms with Gasteiger partial charge in [-0.2, -0.15) is 4.31 Å². The first-order valence-corrected chi connectivity index (χ1v) is 12.0. The number of hydrogen-bond acceptors (Lipinski definition) is 4. The van der Waals surface area contributed by atoms with Crippen molar-refractivity contribution in [3.63, 3.8) is 0 Å². The first kappa shape index (κ1) is 21.3. The standard InChI is InChI=1S/C21H33N3O3S/c1-22(16-19-8-4-2-5-9-19)21(25)17-23-12-14-24(15-13-23)28(26,27)18-20-10-6-3-7-11-20/h3,6-7,10-11,19H,2,4-5,8-9,12-18H2,1H3. The maximum absolute atomic E-state index is 12.6. The van der Waals surface area contributed by atoms with Gasteiger partial charge in [0.2, 0.25) is 15.9 Å². The fraction of sp³-hybridized carbons (Fsp3) is 0.667. The lowest BCUT2D eigenvalue weighted by Gasteiger charge is -2.35. The van der Waals surface area contributed by atoms with E-state index in [-0.39, 0.29) is 11.7 Å². The lowest BCUT2D eigenvalue weighted by Crippen LogP contribution is -2.51. The zero-order valence-corrected chi connectivity index (χ0v) is 17.7. The molecule has 7 heteroatoms. The van der Waals surface area contributed by atoms with Gasteiger partial charge in [0.1, 0.15) is 0 Å². The predicted molar refractivity (Wildman–Crippen MR) is 111 cm³/mol. The van der Waals surface area contributed by atoms with Gasteiger partial charge in [0, 0.05) is 39.8 Å². The molecule has 1 aliphatic heterocycles. The average Bonchev–Trinajstić information content (AvgIpc) is 2.69. The third-order valence-corrected chi connectivity index (χ3v) is 7.81. The van der Waals surface area contributed by atoms with Gasteiger partial charge in [-0.15, -0.1) is 0 Å². The fourth-order valence-corrected chi connectivity index (χ4v) is 5.73. The van der Waals surface area contributed by atoms with E-state index in [2.05, 4.69) is 4.90 Å². The Balaban J connectivity index is 1.43. The summed E-state index contributed by atoms with van der Waals surface area (Å²) in [6.07, 6.45) is 6.36. The maximum Gasteiger partial charge on any atom is 0.236 e. The van der Waals surface area contributed by atoms with Crippen LogP contribution >= 0.6 is 0 Å². The summed E-state index contributed by atoms with van der Waals surface area (Å²) < 4.78 is 26.9. The van der Waals surface area contributed by atoms with Gasteiger partial charge >= 0.3 is 0 Å². The summed E-state index contributed by atoms with van der Waals surface area (Å²) in [5.74, 6) is 0.825. The smallest absolute Gasteiger partial charge is 0.236 e. The first-order valence-electron chi connectivity index (χ1n) is 10.4. The summed E-state index contributed by atoms with van der Waals surface area (Å²) in [6, 6.07) is 9.29. The normalized spacial score (nSPS) is 20.2. The molecule has 0 aromatic heterocycles. The second kappa shape index (κ2) is 9.85. The summed E-state index contributed by atoms with van der Waals surface area (Å²) >= 11 is 0. The van der Waals surface area contributed by atoms with Crippen molar-refractivity contribution >= 4 is 15.9 Å². The second-order valence-electron chi connectivity index (χ2n) is 8.20. The molecule has 156 valence electrons. The number of hydrogen-bond donors (Lipinski definition) is 0. The van der Waals surface area contributed by atoms with Gasteiger partial charge in [-0.25, -0.2) is 8.42 Å². The number of amides is 1. The topological polar surface area (TPSA) is 60.9 Å². The summed E-state index contributed by atoms with van der Waals surface area (Å²) in [6.45, 7) is 3.36. The molecular formula is C21H33N3O3S. The Kier molecular flexibility index (Phi) is 7.48. The fourth-order valence-electron chi connectivity index (χ4n) is 4.21. The number of carbonyl (C=O) groups is 1. The van der Waals surface area contributed by atoms with Crippen molar-refractivity contribution in [2.45, 2.75) is 37.9 Å². The molecule has 0 unspecified atom stereocenters. The van der Waals surface area contributed by atoms with Crippen LogP contribution in [0.2, 0.25) is 0 Å². The molecule has 0 atom stereocenters. The summed E-state index contributed by atoms with van der Waals surface area (Å²) in [4.78, 5) is 16.5. The predicted octanol–water partition coefficient (Wildman–Crippen LogP) is 2.17. The van der Waals surface area contributed by atoms with Gasteiger partial charge in [0.25, 0.3) is 0 Å². The van der Waals surface area contributed by atoms with Gasteiger partial charge in [-0.3, -0.25) is 9.69 Å². The van der Waals surface area contributed by atoms with Gasteiger partial charge in [0.05, 0.1) is 12.3 Å². The minimum Gasteiger partial charge on any atom is -0.344 e. The number of benzene rings is 1. The highest BCUT2D eigenvalue weighted by Gasteiger charge is 2.28. The lowest BCUT2D eigenvalue weighted by molar-refractivity contribution is -0.132. The molecule has 1 saturated carbocycles. The van der Waals surface area contributed by atoms with E-state index in [9.17, 15) is 13.2 Å². The molecule has 2 aliphatic rings. The van der Waals surface area contributed by atoms with Gasteiger partial charge in [-0.05, 0) is 24.3 Å². The quantitative estimate of drug-likeness (QED) is 0.695. The highest BCUT2D eigenvalue weighted by atomic mass is 32.2. The first-order chi connectivity index (χ1) is 13.4. The van der Waals surface area contributed by atoms with E-state index in [1.807, 2.05) is 42.3 Å². The molecule has 0 bridgehead atoms. The molecule has 6 nitrogen and oxygen atoms in total. The van der Waals surface area contributed by atoms with Crippen molar-refractivity contribution < 1.29 is 13.2 Å².